The van der Waals surface area contributed by atoms with Crippen molar-refractivity contribution in [3.05, 3.63) is 24.3 Å². The fourth-order valence-electron chi connectivity index (χ4n) is 2.07. The zero-order chi connectivity index (χ0) is 15.4. The number of anilines is 1. The van der Waals surface area contributed by atoms with E-state index < -0.39 is 12.6 Å². The van der Waals surface area contributed by atoms with Crippen LogP contribution in [0.15, 0.2) is 24.3 Å². The summed E-state index contributed by atoms with van der Waals surface area (Å²) in [6.07, 6.45) is 0. The summed E-state index contributed by atoms with van der Waals surface area (Å²) in [5.41, 5.74) is 0.857. The summed E-state index contributed by atoms with van der Waals surface area (Å²) in [6.45, 7) is -0.715. The summed E-state index contributed by atoms with van der Waals surface area (Å²) < 4.78 is 15.8. The Balaban J connectivity index is 2.74. The van der Waals surface area contributed by atoms with Gasteiger partial charge in [0.25, 0.3) is 0 Å². The van der Waals surface area contributed by atoms with E-state index in [1.165, 1.54) is 14.2 Å². The Morgan fingerprint density at radius 2 is 1.95 bits per heavy atom. The number of aliphatic hydroxyl groups excluding tert-OH is 1. The second-order valence-electron chi connectivity index (χ2n) is 4.26. The minimum Gasteiger partial charge on any atom is -0.493 e. The molecule has 112 valence electrons. The Hall–Kier alpha value is -2.47. The van der Waals surface area contributed by atoms with Crippen LogP contribution in [0.4, 0.5) is 5.69 Å². The maximum Gasteiger partial charge on any atom is 0.337 e. The number of ether oxygens (including phenoxy) is 3. The zero-order valence-electron chi connectivity index (χ0n) is 12.1. The van der Waals surface area contributed by atoms with Crippen LogP contribution >= 0.6 is 0 Å². The van der Waals surface area contributed by atoms with Crippen molar-refractivity contribution in [2.45, 2.75) is 0 Å². The number of carbonyl (C=O) groups is 1. The van der Waals surface area contributed by atoms with Gasteiger partial charge in [-0.15, -0.1) is 0 Å². The summed E-state index contributed by atoms with van der Waals surface area (Å²) >= 11 is 0. The number of aliphatic hydroxyl groups is 1. The van der Waals surface area contributed by atoms with Crippen LogP contribution in [0.1, 0.15) is 0 Å². The Morgan fingerprint density at radius 3 is 2.52 bits per heavy atom. The smallest absolute Gasteiger partial charge is 0.337 e. The second kappa shape index (κ2) is 6.32. The number of nitrogens with one attached hydrogen (secondary N) is 1. The van der Waals surface area contributed by atoms with Gasteiger partial charge in [-0.25, -0.2) is 4.79 Å². The van der Waals surface area contributed by atoms with Gasteiger partial charge in [-0.2, -0.15) is 0 Å². The lowest BCUT2D eigenvalue weighted by Gasteiger charge is -2.16. The predicted octanol–water partition coefficient (Wildman–Crippen LogP) is 1.80. The van der Waals surface area contributed by atoms with Crippen LogP contribution in [0.25, 0.3) is 10.8 Å². The molecule has 0 atom stereocenters. The van der Waals surface area contributed by atoms with Crippen molar-refractivity contribution in [3.63, 3.8) is 0 Å². The molecule has 0 aliphatic heterocycles. The van der Waals surface area contributed by atoms with Gasteiger partial charge < -0.3 is 24.6 Å². The van der Waals surface area contributed by atoms with E-state index in [2.05, 4.69) is 5.32 Å². The van der Waals surface area contributed by atoms with Crippen molar-refractivity contribution in [2.75, 3.05) is 33.2 Å². The molecule has 21 heavy (non-hydrogen) atoms. The second-order valence-corrected chi connectivity index (χ2v) is 4.26. The molecule has 0 aliphatic rings. The molecule has 0 saturated heterocycles. The van der Waals surface area contributed by atoms with Gasteiger partial charge in [-0.1, -0.05) is 6.07 Å². The largest absolute Gasteiger partial charge is 0.493 e. The minimum absolute atomic E-state index is 0.225. The molecular formula is C15H17NO5. The monoisotopic (exact) mass is 291 g/mol. The van der Waals surface area contributed by atoms with Crippen LogP contribution in [0.2, 0.25) is 0 Å². The van der Waals surface area contributed by atoms with E-state index in [0.29, 0.717) is 16.9 Å². The lowest BCUT2D eigenvalue weighted by molar-refractivity contribution is -0.137. The highest BCUT2D eigenvalue weighted by Crippen LogP contribution is 2.44. The molecule has 2 N–H and O–H groups in total. The van der Waals surface area contributed by atoms with Gasteiger partial charge in [0.2, 0.25) is 5.75 Å². The maximum atomic E-state index is 11.5. The van der Waals surface area contributed by atoms with E-state index in [0.717, 1.165) is 11.1 Å². The van der Waals surface area contributed by atoms with Crippen molar-refractivity contribution in [3.8, 4) is 17.2 Å². The van der Waals surface area contributed by atoms with Crippen LogP contribution in [0, 0.1) is 0 Å². The first-order valence-electron chi connectivity index (χ1n) is 6.32. The summed E-state index contributed by atoms with van der Waals surface area (Å²) in [5.74, 6) is 0.212. The summed E-state index contributed by atoms with van der Waals surface area (Å²) in [5, 5.41) is 13.4. The summed E-state index contributed by atoms with van der Waals surface area (Å²) in [6, 6.07) is 7.40. The van der Waals surface area contributed by atoms with Crippen molar-refractivity contribution in [2.24, 2.45) is 0 Å². The number of benzene rings is 2. The molecule has 6 nitrogen and oxygen atoms in total. The van der Waals surface area contributed by atoms with Gasteiger partial charge in [-0.05, 0) is 23.6 Å². The highest BCUT2D eigenvalue weighted by Gasteiger charge is 2.19. The standard InChI is InChI=1S/C15H17NO5/c1-16-10-5-4-9-6-12(19-2)15(20-3)14(11(9)7-10)21-13(18)8-17/h4-7,16-17H,8H2,1-3H3. The number of hydrogen-bond acceptors (Lipinski definition) is 6. The first kappa shape index (κ1) is 14.9. The van der Waals surface area contributed by atoms with E-state index >= 15 is 0 Å². The lowest BCUT2D eigenvalue weighted by Crippen LogP contribution is -2.13. The maximum absolute atomic E-state index is 11.5. The fourth-order valence-corrected chi connectivity index (χ4v) is 2.07. The molecule has 0 aromatic heterocycles. The van der Waals surface area contributed by atoms with Crippen LogP contribution < -0.4 is 19.5 Å². The van der Waals surface area contributed by atoms with Gasteiger partial charge in [0.15, 0.2) is 11.5 Å². The third-order valence-electron chi connectivity index (χ3n) is 3.07. The van der Waals surface area contributed by atoms with Gasteiger partial charge in [-0.3, -0.25) is 0 Å². The number of rotatable bonds is 5. The van der Waals surface area contributed by atoms with Gasteiger partial charge >= 0.3 is 5.97 Å². The first-order valence-corrected chi connectivity index (χ1v) is 6.32. The highest BCUT2D eigenvalue weighted by molar-refractivity contribution is 5.97. The summed E-state index contributed by atoms with van der Waals surface area (Å²) in [4.78, 5) is 11.5. The van der Waals surface area contributed by atoms with Crippen LogP contribution in [0.3, 0.4) is 0 Å². The molecular weight excluding hydrogens is 274 g/mol. The molecule has 0 aliphatic carbocycles. The minimum atomic E-state index is -0.766. The molecule has 0 spiro atoms. The van der Waals surface area contributed by atoms with Crippen LogP contribution in [0.5, 0.6) is 17.2 Å². The third-order valence-corrected chi connectivity index (χ3v) is 3.07. The molecule has 0 saturated carbocycles. The Labute approximate surface area is 122 Å². The molecule has 0 radical (unpaired) electrons. The van der Waals surface area contributed by atoms with E-state index in [9.17, 15) is 4.79 Å². The average Bonchev–Trinajstić information content (AvgIpc) is 2.53. The third kappa shape index (κ3) is 2.85. The average molecular weight is 291 g/mol. The van der Waals surface area contributed by atoms with Gasteiger partial charge in [0, 0.05) is 18.1 Å². The molecule has 2 aromatic rings. The number of methoxy groups -OCH3 is 2. The van der Waals surface area contributed by atoms with Crippen molar-refractivity contribution >= 4 is 22.4 Å². The Kier molecular flexibility index (Phi) is 4.49. The molecule has 0 heterocycles. The van der Waals surface area contributed by atoms with Gasteiger partial charge in [0.05, 0.1) is 14.2 Å². The zero-order valence-corrected chi connectivity index (χ0v) is 12.1. The summed E-state index contributed by atoms with van der Waals surface area (Å²) in [7, 11) is 4.76. The number of carbonyl (C=O) groups excluding carboxylic acids is 1. The van der Waals surface area contributed by atoms with Gasteiger partial charge in [0.1, 0.15) is 6.61 Å². The number of hydrogen-bond donors (Lipinski definition) is 2. The van der Waals surface area contributed by atoms with Crippen molar-refractivity contribution in [1.82, 2.24) is 0 Å². The van der Waals surface area contributed by atoms with E-state index in [1.807, 2.05) is 18.2 Å². The topological polar surface area (TPSA) is 77.0 Å². The Morgan fingerprint density at radius 1 is 1.19 bits per heavy atom. The molecule has 0 unspecified atom stereocenters. The molecule has 6 heteroatoms. The quantitative estimate of drug-likeness (QED) is 0.646. The van der Waals surface area contributed by atoms with Crippen molar-refractivity contribution in [1.29, 1.82) is 0 Å². The predicted molar refractivity (Wildman–Crippen MR) is 79.3 cm³/mol. The number of fused-ring (bicyclic) bond motifs is 1. The SMILES string of the molecule is CNc1ccc2cc(OC)c(OC)c(OC(=O)CO)c2c1. The molecule has 2 rings (SSSR count). The van der Waals surface area contributed by atoms with Crippen LogP contribution in [-0.4, -0.2) is 38.9 Å². The normalized spacial score (nSPS) is 10.3. The molecule has 0 amide bonds. The van der Waals surface area contributed by atoms with Crippen LogP contribution in [-0.2, 0) is 4.79 Å². The Bertz CT molecular complexity index is 669. The molecule has 0 bridgehead atoms. The van der Waals surface area contributed by atoms with E-state index in [4.69, 9.17) is 19.3 Å². The first-order chi connectivity index (χ1) is 10.1. The fraction of sp³-hybridized carbons (Fsp3) is 0.267. The molecule has 2 aromatic carbocycles. The highest BCUT2D eigenvalue weighted by atomic mass is 16.6. The lowest BCUT2D eigenvalue weighted by atomic mass is 10.1. The number of esters is 1. The van der Waals surface area contributed by atoms with E-state index in [-0.39, 0.29) is 5.75 Å². The molecule has 0 fully saturated rings. The van der Waals surface area contributed by atoms with E-state index in [1.54, 1.807) is 13.1 Å². The van der Waals surface area contributed by atoms with Crippen molar-refractivity contribution < 1.29 is 24.1 Å².